The van der Waals surface area contributed by atoms with Gasteiger partial charge in [0.05, 0.1) is 5.56 Å². The number of aromatic nitrogens is 2. The summed E-state index contributed by atoms with van der Waals surface area (Å²) in [6, 6.07) is 0. The van der Waals surface area contributed by atoms with Crippen LogP contribution < -0.4 is 10.1 Å². The molecule has 0 aliphatic rings. The van der Waals surface area contributed by atoms with Crippen LogP contribution in [0.2, 0.25) is 0 Å². The lowest BCUT2D eigenvalue weighted by Crippen LogP contribution is -2.13. The minimum Gasteiger partial charge on any atom is -0.471 e. The third-order valence-corrected chi connectivity index (χ3v) is 2.52. The molecule has 0 radical (unpaired) electrons. The Balaban J connectivity index is 3.02. The minimum atomic E-state index is -2.51. The van der Waals surface area contributed by atoms with Crippen molar-refractivity contribution in [3.63, 3.8) is 0 Å². The van der Waals surface area contributed by atoms with Crippen LogP contribution in [0.3, 0.4) is 0 Å². The van der Waals surface area contributed by atoms with E-state index in [0.717, 1.165) is 13.0 Å². The molecule has 0 spiro atoms. The molecule has 0 aliphatic carbocycles. The van der Waals surface area contributed by atoms with E-state index >= 15 is 0 Å². The molecule has 0 unspecified atom stereocenters. The fraction of sp³-hybridized carbons (Fsp3) is 0.692. The largest absolute Gasteiger partial charge is 0.471 e. The zero-order valence-electron chi connectivity index (χ0n) is 11.8. The Morgan fingerprint density at radius 1 is 1.26 bits per heavy atom. The summed E-state index contributed by atoms with van der Waals surface area (Å²) < 4.78 is 29.5. The molecular weight excluding hydrogens is 252 g/mol. The second kappa shape index (κ2) is 7.21. The summed E-state index contributed by atoms with van der Waals surface area (Å²) >= 11 is 0. The van der Waals surface area contributed by atoms with Crippen molar-refractivity contribution in [1.29, 1.82) is 0 Å². The van der Waals surface area contributed by atoms with Crippen LogP contribution >= 0.6 is 0 Å². The van der Waals surface area contributed by atoms with Gasteiger partial charge in [0.2, 0.25) is 5.88 Å². The van der Waals surface area contributed by atoms with Crippen molar-refractivity contribution in [3.05, 3.63) is 11.4 Å². The van der Waals surface area contributed by atoms with Crippen molar-refractivity contribution < 1.29 is 13.5 Å². The molecule has 0 saturated carbocycles. The van der Waals surface area contributed by atoms with Gasteiger partial charge in [0.25, 0.3) is 6.43 Å². The molecule has 108 valence electrons. The first-order valence-corrected chi connectivity index (χ1v) is 6.49. The highest BCUT2D eigenvalue weighted by molar-refractivity contribution is 5.48. The molecule has 1 rings (SSSR count). The third kappa shape index (κ3) is 4.61. The van der Waals surface area contributed by atoms with Crippen LogP contribution in [0.25, 0.3) is 0 Å². The number of anilines is 1. The number of nitrogens with zero attached hydrogens (tertiary/aromatic N) is 2. The highest BCUT2D eigenvalue weighted by atomic mass is 19.3. The summed E-state index contributed by atoms with van der Waals surface area (Å²) in [5.74, 6) is 1.59. The maximum absolute atomic E-state index is 12.2. The van der Waals surface area contributed by atoms with E-state index in [1.807, 2.05) is 20.8 Å². The Bertz CT molecular complexity index is 411. The molecule has 1 heterocycles. The average Bonchev–Trinajstić information content (AvgIpc) is 2.35. The highest BCUT2D eigenvalue weighted by Crippen LogP contribution is 2.25. The van der Waals surface area contributed by atoms with Crippen LogP contribution in [0.4, 0.5) is 14.6 Å². The molecule has 1 aromatic heterocycles. The zero-order valence-corrected chi connectivity index (χ0v) is 11.8. The number of nitrogens with one attached hydrogen (secondary N) is 1. The summed E-state index contributed by atoms with van der Waals surface area (Å²) in [5, 5.41) is 3.17. The summed E-state index contributed by atoms with van der Waals surface area (Å²) in [7, 11) is 0. The van der Waals surface area contributed by atoms with E-state index in [1.165, 1.54) is 0 Å². The van der Waals surface area contributed by atoms with E-state index in [1.54, 1.807) is 6.92 Å². The molecule has 0 aromatic carbocycles. The van der Waals surface area contributed by atoms with Crippen molar-refractivity contribution in [2.75, 3.05) is 18.5 Å². The number of hydrogen-bond donors (Lipinski definition) is 1. The SMILES string of the molecule is CCCNc1nc(C(C)C)nc(OCC(F)F)c1C. The van der Waals surface area contributed by atoms with Crippen LogP contribution in [0.5, 0.6) is 5.88 Å². The maximum atomic E-state index is 12.2. The molecule has 6 heteroatoms. The van der Waals surface area contributed by atoms with E-state index in [4.69, 9.17) is 4.74 Å². The Morgan fingerprint density at radius 2 is 1.95 bits per heavy atom. The van der Waals surface area contributed by atoms with Crippen LogP contribution in [-0.2, 0) is 0 Å². The van der Waals surface area contributed by atoms with Crippen molar-refractivity contribution >= 4 is 5.82 Å². The minimum absolute atomic E-state index is 0.108. The lowest BCUT2D eigenvalue weighted by Gasteiger charge is -2.15. The van der Waals surface area contributed by atoms with Crippen molar-refractivity contribution in [2.24, 2.45) is 0 Å². The van der Waals surface area contributed by atoms with E-state index in [9.17, 15) is 8.78 Å². The van der Waals surface area contributed by atoms with E-state index in [-0.39, 0.29) is 11.8 Å². The fourth-order valence-corrected chi connectivity index (χ4v) is 1.47. The van der Waals surface area contributed by atoms with E-state index in [2.05, 4.69) is 15.3 Å². The predicted molar refractivity (Wildman–Crippen MR) is 71.1 cm³/mol. The monoisotopic (exact) mass is 273 g/mol. The Kier molecular flexibility index (Phi) is 5.92. The Labute approximate surface area is 112 Å². The second-order valence-electron chi connectivity index (χ2n) is 4.64. The van der Waals surface area contributed by atoms with Crippen LogP contribution in [-0.4, -0.2) is 29.5 Å². The van der Waals surface area contributed by atoms with Gasteiger partial charge in [-0.05, 0) is 13.3 Å². The first kappa shape index (κ1) is 15.6. The molecule has 0 fully saturated rings. The zero-order chi connectivity index (χ0) is 14.4. The van der Waals surface area contributed by atoms with Gasteiger partial charge < -0.3 is 10.1 Å². The van der Waals surface area contributed by atoms with E-state index in [0.29, 0.717) is 17.2 Å². The molecule has 19 heavy (non-hydrogen) atoms. The number of halogens is 2. The lowest BCUT2D eigenvalue weighted by molar-refractivity contribution is 0.0790. The van der Waals surface area contributed by atoms with Crippen LogP contribution in [0.15, 0.2) is 0 Å². The Morgan fingerprint density at radius 3 is 2.47 bits per heavy atom. The van der Waals surface area contributed by atoms with Gasteiger partial charge in [0, 0.05) is 12.5 Å². The molecule has 1 N–H and O–H groups in total. The van der Waals surface area contributed by atoms with Crippen molar-refractivity contribution in [2.45, 2.75) is 46.5 Å². The van der Waals surface area contributed by atoms with Gasteiger partial charge >= 0.3 is 0 Å². The maximum Gasteiger partial charge on any atom is 0.272 e. The van der Waals surface area contributed by atoms with Crippen LogP contribution in [0, 0.1) is 6.92 Å². The highest BCUT2D eigenvalue weighted by Gasteiger charge is 2.15. The standard InChI is InChI=1S/C13H21F2N3O/c1-5-6-16-12-9(4)13(19-7-10(14)15)18-11(17-12)8(2)3/h8,10H,5-7H2,1-4H3,(H,16,17,18). The molecule has 0 atom stereocenters. The topological polar surface area (TPSA) is 47.0 Å². The lowest BCUT2D eigenvalue weighted by atomic mass is 10.2. The molecule has 4 nitrogen and oxygen atoms in total. The number of ether oxygens (including phenoxy) is 1. The smallest absolute Gasteiger partial charge is 0.272 e. The average molecular weight is 273 g/mol. The first-order valence-electron chi connectivity index (χ1n) is 6.49. The molecule has 1 aromatic rings. The fourth-order valence-electron chi connectivity index (χ4n) is 1.47. The molecular formula is C13H21F2N3O. The van der Waals surface area contributed by atoms with Gasteiger partial charge in [0.1, 0.15) is 11.6 Å². The van der Waals surface area contributed by atoms with Gasteiger partial charge in [-0.3, -0.25) is 0 Å². The quantitative estimate of drug-likeness (QED) is 0.827. The van der Waals surface area contributed by atoms with Gasteiger partial charge in [0.15, 0.2) is 6.61 Å². The summed E-state index contributed by atoms with van der Waals surface area (Å²) in [6.07, 6.45) is -1.56. The summed E-state index contributed by atoms with van der Waals surface area (Å²) in [6.45, 7) is 7.83. The number of hydrogen-bond acceptors (Lipinski definition) is 4. The number of alkyl halides is 2. The first-order chi connectivity index (χ1) is 8.95. The van der Waals surface area contributed by atoms with Gasteiger partial charge in [-0.1, -0.05) is 20.8 Å². The van der Waals surface area contributed by atoms with E-state index < -0.39 is 13.0 Å². The summed E-state index contributed by atoms with van der Waals surface area (Å²) in [5.41, 5.74) is 0.665. The van der Waals surface area contributed by atoms with Crippen molar-refractivity contribution in [1.82, 2.24) is 9.97 Å². The van der Waals surface area contributed by atoms with Gasteiger partial charge in [-0.25, -0.2) is 13.8 Å². The molecule has 0 saturated heterocycles. The molecule has 0 bridgehead atoms. The summed E-state index contributed by atoms with van der Waals surface area (Å²) in [4.78, 5) is 8.61. The number of rotatable bonds is 7. The van der Waals surface area contributed by atoms with Gasteiger partial charge in [-0.15, -0.1) is 0 Å². The Hall–Kier alpha value is -1.46. The molecule has 0 aliphatic heterocycles. The van der Waals surface area contributed by atoms with Gasteiger partial charge in [-0.2, -0.15) is 4.98 Å². The molecule has 0 amide bonds. The van der Waals surface area contributed by atoms with Crippen molar-refractivity contribution in [3.8, 4) is 5.88 Å². The second-order valence-corrected chi connectivity index (χ2v) is 4.64. The van der Waals surface area contributed by atoms with Crippen LogP contribution in [0.1, 0.15) is 44.5 Å². The predicted octanol–water partition coefficient (Wildman–Crippen LogP) is 3.37. The normalized spacial score (nSPS) is 11.2. The third-order valence-electron chi connectivity index (χ3n) is 2.52.